The Balaban J connectivity index is 1.84. The third-order valence-corrected chi connectivity index (χ3v) is 4.24. The van der Waals surface area contributed by atoms with Crippen LogP contribution in [0, 0.1) is 0 Å². The lowest BCUT2D eigenvalue weighted by molar-refractivity contribution is -0.121. The summed E-state index contributed by atoms with van der Waals surface area (Å²) >= 11 is 0. The SMILES string of the molecule is COc1ccc(N(CCC(=O)NCCc2ccccc2OC)C(C)=O)cc1. The minimum atomic E-state index is -0.109. The molecule has 2 aromatic carbocycles. The van der Waals surface area contributed by atoms with Crippen LogP contribution in [0.15, 0.2) is 48.5 Å². The van der Waals surface area contributed by atoms with Gasteiger partial charge >= 0.3 is 0 Å². The number of ether oxygens (including phenoxy) is 2. The zero-order valence-electron chi connectivity index (χ0n) is 16.0. The standard InChI is InChI=1S/C21H26N2O4/c1-16(24)23(18-8-10-19(26-2)11-9-18)15-13-21(25)22-14-12-17-6-4-5-7-20(17)27-3/h4-11H,12-15H2,1-3H3,(H,22,25). The lowest BCUT2D eigenvalue weighted by Gasteiger charge is -2.21. The average Bonchev–Trinajstić information content (AvgIpc) is 2.68. The minimum absolute atomic E-state index is 0.0929. The molecule has 0 aliphatic carbocycles. The molecule has 2 amide bonds. The van der Waals surface area contributed by atoms with Crippen LogP contribution < -0.4 is 19.7 Å². The molecule has 0 fully saturated rings. The van der Waals surface area contributed by atoms with Crippen molar-refractivity contribution >= 4 is 17.5 Å². The molecule has 0 spiro atoms. The molecule has 6 nitrogen and oxygen atoms in total. The number of methoxy groups -OCH3 is 2. The van der Waals surface area contributed by atoms with Crippen molar-refractivity contribution in [3.63, 3.8) is 0 Å². The van der Waals surface area contributed by atoms with E-state index in [-0.39, 0.29) is 18.2 Å². The van der Waals surface area contributed by atoms with Crippen LogP contribution in [-0.4, -0.2) is 39.1 Å². The molecular formula is C21H26N2O4. The molecule has 2 aromatic rings. The average molecular weight is 370 g/mol. The monoisotopic (exact) mass is 370 g/mol. The topological polar surface area (TPSA) is 67.9 Å². The molecule has 0 unspecified atom stereocenters. The second-order valence-electron chi connectivity index (χ2n) is 6.03. The van der Waals surface area contributed by atoms with Gasteiger partial charge in [-0.1, -0.05) is 18.2 Å². The Morgan fingerprint density at radius 2 is 1.70 bits per heavy atom. The Morgan fingerprint density at radius 3 is 2.33 bits per heavy atom. The van der Waals surface area contributed by atoms with Crippen molar-refractivity contribution in [2.45, 2.75) is 19.8 Å². The number of anilines is 1. The second-order valence-corrected chi connectivity index (χ2v) is 6.03. The van der Waals surface area contributed by atoms with E-state index in [0.29, 0.717) is 19.5 Å². The summed E-state index contributed by atoms with van der Waals surface area (Å²) in [5.41, 5.74) is 1.79. The summed E-state index contributed by atoms with van der Waals surface area (Å²) in [5, 5.41) is 2.89. The van der Waals surface area contributed by atoms with Gasteiger partial charge in [-0.25, -0.2) is 0 Å². The van der Waals surface area contributed by atoms with Crippen LogP contribution in [0.25, 0.3) is 0 Å². The Hall–Kier alpha value is -3.02. The highest BCUT2D eigenvalue weighted by molar-refractivity contribution is 5.92. The molecule has 0 saturated carbocycles. The lowest BCUT2D eigenvalue weighted by atomic mass is 10.1. The highest BCUT2D eigenvalue weighted by Gasteiger charge is 2.13. The van der Waals surface area contributed by atoms with E-state index in [2.05, 4.69) is 5.32 Å². The fourth-order valence-electron chi connectivity index (χ4n) is 2.78. The molecule has 144 valence electrons. The number of nitrogens with zero attached hydrogens (tertiary/aromatic N) is 1. The van der Waals surface area contributed by atoms with Crippen molar-refractivity contribution < 1.29 is 19.1 Å². The highest BCUT2D eigenvalue weighted by Crippen LogP contribution is 2.20. The van der Waals surface area contributed by atoms with E-state index < -0.39 is 0 Å². The fourth-order valence-corrected chi connectivity index (χ4v) is 2.78. The van der Waals surface area contributed by atoms with E-state index in [1.807, 2.05) is 24.3 Å². The van der Waals surface area contributed by atoms with E-state index >= 15 is 0 Å². The van der Waals surface area contributed by atoms with Gasteiger partial charge in [0.2, 0.25) is 11.8 Å². The molecule has 6 heteroatoms. The van der Waals surface area contributed by atoms with Crippen LogP contribution in [-0.2, 0) is 16.0 Å². The first kappa shape index (κ1) is 20.3. The fraction of sp³-hybridized carbons (Fsp3) is 0.333. The molecule has 0 aliphatic rings. The van der Waals surface area contributed by atoms with E-state index in [4.69, 9.17) is 9.47 Å². The van der Waals surface area contributed by atoms with Gasteiger partial charge in [0.15, 0.2) is 0 Å². The zero-order valence-corrected chi connectivity index (χ0v) is 16.0. The van der Waals surface area contributed by atoms with Gasteiger partial charge in [0.25, 0.3) is 0 Å². The summed E-state index contributed by atoms with van der Waals surface area (Å²) in [7, 11) is 3.22. The Morgan fingerprint density at radius 1 is 1.00 bits per heavy atom. The zero-order chi connectivity index (χ0) is 19.6. The molecule has 0 radical (unpaired) electrons. The highest BCUT2D eigenvalue weighted by atomic mass is 16.5. The van der Waals surface area contributed by atoms with Crippen molar-refractivity contribution in [2.75, 3.05) is 32.2 Å². The predicted molar refractivity (Wildman–Crippen MR) is 105 cm³/mol. The van der Waals surface area contributed by atoms with Crippen molar-refractivity contribution in [3.05, 3.63) is 54.1 Å². The lowest BCUT2D eigenvalue weighted by Crippen LogP contribution is -2.34. The predicted octanol–water partition coefficient (Wildman–Crippen LogP) is 2.81. The molecule has 0 aliphatic heterocycles. The molecule has 0 aromatic heterocycles. The van der Waals surface area contributed by atoms with Gasteiger partial charge in [-0.05, 0) is 42.3 Å². The largest absolute Gasteiger partial charge is 0.497 e. The Labute approximate surface area is 160 Å². The quantitative estimate of drug-likeness (QED) is 0.737. The first-order valence-electron chi connectivity index (χ1n) is 8.86. The van der Waals surface area contributed by atoms with Crippen molar-refractivity contribution in [2.24, 2.45) is 0 Å². The Bertz CT molecular complexity index is 759. The van der Waals surface area contributed by atoms with Crippen LogP contribution in [0.5, 0.6) is 11.5 Å². The summed E-state index contributed by atoms with van der Waals surface area (Å²) in [6.07, 6.45) is 0.919. The summed E-state index contributed by atoms with van der Waals surface area (Å²) in [4.78, 5) is 25.7. The number of amides is 2. The summed E-state index contributed by atoms with van der Waals surface area (Å²) in [6, 6.07) is 14.9. The van der Waals surface area contributed by atoms with Crippen molar-refractivity contribution in [1.29, 1.82) is 0 Å². The third-order valence-electron chi connectivity index (χ3n) is 4.24. The molecule has 0 atom stereocenters. The van der Waals surface area contributed by atoms with Crippen LogP contribution >= 0.6 is 0 Å². The number of carbonyl (C=O) groups is 2. The molecule has 0 heterocycles. The summed E-state index contributed by atoms with van der Waals surface area (Å²) in [6.45, 7) is 2.33. The number of carbonyl (C=O) groups excluding carboxylic acids is 2. The number of hydrogen-bond donors (Lipinski definition) is 1. The number of nitrogens with one attached hydrogen (secondary N) is 1. The van der Waals surface area contributed by atoms with E-state index in [1.165, 1.54) is 6.92 Å². The molecule has 1 N–H and O–H groups in total. The van der Waals surface area contributed by atoms with Crippen LogP contribution in [0.2, 0.25) is 0 Å². The van der Waals surface area contributed by atoms with Crippen molar-refractivity contribution in [3.8, 4) is 11.5 Å². The maximum atomic E-state index is 12.1. The molecule has 0 saturated heterocycles. The molecular weight excluding hydrogens is 344 g/mol. The number of para-hydroxylation sites is 1. The van der Waals surface area contributed by atoms with Gasteiger partial charge in [0.05, 0.1) is 14.2 Å². The van der Waals surface area contributed by atoms with Crippen LogP contribution in [0.3, 0.4) is 0 Å². The maximum absolute atomic E-state index is 12.1. The van der Waals surface area contributed by atoms with Gasteiger partial charge < -0.3 is 19.7 Å². The maximum Gasteiger partial charge on any atom is 0.223 e. The van der Waals surface area contributed by atoms with E-state index in [1.54, 1.807) is 43.4 Å². The van der Waals surface area contributed by atoms with Gasteiger partial charge in [0.1, 0.15) is 11.5 Å². The summed E-state index contributed by atoms with van der Waals surface area (Å²) in [5.74, 6) is 1.33. The normalized spacial score (nSPS) is 10.2. The molecule has 0 bridgehead atoms. The number of hydrogen-bond acceptors (Lipinski definition) is 4. The Kier molecular flexibility index (Phi) is 7.67. The minimum Gasteiger partial charge on any atom is -0.497 e. The molecule has 27 heavy (non-hydrogen) atoms. The van der Waals surface area contributed by atoms with Gasteiger partial charge in [-0.3, -0.25) is 9.59 Å². The van der Waals surface area contributed by atoms with Gasteiger partial charge in [-0.2, -0.15) is 0 Å². The van der Waals surface area contributed by atoms with Crippen LogP contribution in [0.1, 0.15) is 18.9 Å². The first-order chi connectivity index (χ1) is 13.0. The first-order valence-corrected chi connectivity index (χ1v) is 8.86. The summed E-state index contributed by atoms with van der Waals surface area (Å²) < 4.78 is 10.4. The number of benzene rings is 2. The molecule has 2 rings (SSSR count). The second kappa shape index (κ2) is 10.2. The van der Waals surface area contributed by atoms with E-state index in [0.717, 1.165) is 22.7 Å². The van der Waals surface area contributed by atoms with Crippen LogP contribution in [0.4, 0.5) is 5.69 Å². The van der Waals surface area contributed by atoms with Gasteiger partial charge in [0, 0.05) is 32.1 Å². The van der Waals surface area contributed by atoms with Gasteiger partial charge in [-0.15, -0.1) is 0 Å². The van der Waals surface area contributed by atoms with Crippen molar-refractivity contribution in [1.82, 2.24) is 5.32 Å². The smallest absolute Gasteiger partial charge is 0.223 e. The third kappa shape index (κ3) is 6.02. The number of rotatable bonds is 9. The van der Waals surface area contributed by atoms with E-state index in [9.17, 15) is 9.59 Å².